The molecule has 0 radical (unpaired) electrons. The van der Waals surface area contributed by atoms with Gasteiger partial charge in [0.1, 0.15) is 6.29 Å². The molecule has 2 rings (SSSR count). The summed E-state index contributed by atoms with van der Waals surface area (Å²) in [5.74, 6) is 0. The molecule has 0 spiro atoms. The first kappa shape index (κ1) is 19.8. The number of aromatic nitrogens is 1. The van der Waals surface area contributed by atoms with Gasteiger partial charge in [-0.15, -0.1) is 0 Å². The topological polar surface area (TPSA) is 42.0 Å². The highest BCUT2D eigenvalue weighted by molar-refractivity contribution is 5.54. The van der Waals surface area contributed by atoms with Crippen LogP contribution in [0.15, 0.2) is 24.5 Å². The molecule has 1 fully saturated rings. The van der Waals surface area contributed by atoms with E-state index < -0.39 is 0 Å². The van der Waals surface area contributed by atoms with E-state index in [4.69, 9.17) is 0 Å². The minimum absolute atomic E-state index is 0.489. The van der Waals surface area contributed by atoms with Gasteiger partial charge >= 0.3 is 0 Å². The fourth-order valence-electron chi connectivity index (χ4n) is 2.30. The van der Waals surface area contributed by atoms with Crippen LogP contribution in [0, 0.1) is 5.41 Å². The maximum atomic E-state index is 9.95. The molecule has 3 heteroatoms. The molecule has 0 unspecified atom stereocenters. The van der Waals surface area contributed by atoms with Crippen molar-refractivity contribution in [3.8, 4) is 0 Å². The molecule has 1 aliphatic rings. The van der Waals surface area contributed by atoms with E-state index in [0.717, 1.165) is 17.9 Å². The summed E-state index contributed by atoms with van der Waals surface area (Å²) >= 11 is 0. The van der Waals surface area contributed by atoms with E-state index in [1.54, 1.807) is 12.4 Å². The molecule has 0 atom stereocenters. The zero-order valence-corrected chi connectivity index (χ0v) is 14.4. The van der Waals surface area contributed by atoms with Gasteiger partial charge in [-0.2, -0.15) is 0 Å². The second kappa shape index (κ2) is 11.4. The van der Waals surface area contributed by atoms with Crippen molar-refractivity contribution in [1.82, 2.24) is 10.3 Å². The van der Waals surface area contributed by atoms with Crippen molar-refractivity contribution < 1.29 is 4.79 Å². The monoisotopic (exact) mass is 292 g/mol. The largest absolute Gasteiger partial charge is 0.317 e. The van der Waals surface area contributed by atoms with Crippen LogP contribution in [0.4, 0.5) is 0 Å². The average Bonchev–Trinajstić information content (AvgIpc) is 2.51. The summed E-state index contributed by atoms with van der Waals surface area (Å²) in [6.45, 7) is 8.75. The Hall–Kier alpha value is -1.22. The normalized spacial score (nSPS) is 16.8. The number of aldehydes is 1. The summed E-state index contributed by atoms with van der Waals surface area (Å²) in [4.78, 5) is 13.8. The molecule has 120 valence electrons. The van der Waals surface area contributed by atoms with Gasteiger partial charge in [0.2, 0.25) is 0 Å². The van der Waals surface area contributed by atoms with E-state index >= 15 is 0 Å². The molecule has 1 N–H and O–H groups in total. The van der Waals surface area contributed by atoms with Gasteiger partial charge in [-0.05, 0) is 55.8 Å². The number of rotatable bonds is 3. The lowest BCUT2D eigenvalue weighted by Gasteiger charge is -2.33. The first-order chi connectivity index (χ1) is 10.1. The Bertz CT molecular complexity index is 353. The zero-order chi connectivity index (χ0) is 16.1. The van der Waals surface area contributed by atoms with Crippen LogP contribution in [0.1, 0.15) is 58.9 Å². The number of nitrogens with zero attached hydrogens (tertiary/aromatic N) is 1. The summed E-state index contributed by atoms with van der Waals surface area (Å²) in [6.07, 6.45) is 10.2. The van der Waals surface area contributed by atoms with Crippen molar-refractivity contribution in [3.05, 3.63) is 30.1 Å². The first-order valence-electron chi connectivity index (χ1n) is 8.07. The molecule has 1 saturated carbocycles. The van der Waals surface area contributed by atoms with Crippen LogP contribution in [0.5, 0.6) is 0 Å². The smallest absolute Gasteiger partial charge is 0.124 e. The quantitative estimate of drug-likeness (QED) is 0.855. The van der Waals surface area contributed by atoms with Gasteiger partial charge in [0, 0.05) is 24.9 Å². The molecule has 0 aliphatic heterocycles. The molecule has 1 aromatic rings. The number of nitrogens with one attached hydrogen (secondary N) is 1. The summed E-state index contributed by atoms with van der Waals surface area (Å²) in [5.41, 5.74) is 1.63. The Kier molecular flexibility index (Phi) is 10.8. The summed E-state index contributed by atoms with van der Waals surface area (Å²) < 4.78 is 0. The molecular weight excluding hydrogens is 260 g/mol. The van der Waals surface area contributed by atoms with E-state index in [9.17, 15) is 4.79 Å². The number of pyridine rings is 1. The van der Waals surface area contributed by atoms with Crippen molar-refractivity contribution in [3.63, 3.8) is 0 Å². The van der Waals surface area contributed by atoms with Crippen molar-refractivity contribution >= 4 is 6.29 Å². The van der Waals surface area contributed by atoms with Crippen LogP contribution < -0.4 is 5.32 Å². The molecule has 0 aromatic carbocycles. The summed E-state index contributed by atoms with van der Waals surface area (Å²) in [5, 5.41) is 3.34. The molecule has 1 heterocycles. The lowest BCUT2D eigenvalue weighted by atomic mass is 9.76. The van der Waals surface area contributed by atoms with Crippen LogP contribution in [-0.2, 0) is 11.2 Å². The minimum Gasteiger partial charge on any atom is -0.317 e. The van der Waals surface area contributed by atoms with Gasteiger partial charge < -0.3 is 10.1 Å². The molecule has 1 aromatic heterocycles. The number of hydrogen-bond donors (Lipinski definition) is 1. The first-order valence-corrected chi connectivity index (χ1v) is 8.07. The Morgan fingerprint density at radius 1 is 1.24 bits per heavy atom. The van der Waals surface area contributed by atoms with E-state index in [-0.39, 0.29) is 0 Å². The third kappa shape index (κ3) is 9.35. The van der Waals surface area contributed by atoms with Crippen LogP contribution in [-0.4, -0.2) is 24.4 Å². The predicted molar refractivity (Wildman–Crippen MR) is 90.4 cm³/mol. The fraction of sp³-hybridized carbons (Fsp3) is 0.667. The highest BCUT2D eigenvalue weighted by Gasteiger charge is 2.25. The summed E-state index contributed by atoms with van der Waals surface area (Å²) in [7, 11) is 2.07. The maximum Gasteiger partial charge on any atom is 0.124 e. The van der Waals surface area contributed by atoms with E-state index in [1.165, 1.54) is 25.7 Å². The average molecular weight is 292 g/mol. The number of carbonyl (C=O) groups is 1. The standard InChI is InChI=1S/C9H19N.C7H7NO.C2H6/c1-9(2)6-4-8(10-3)5-7-9;9-6-3-7-1-4-8-5-2-7;1-2/h8,10H,4-7H2,1-3H3;1-2,4-6H,3H2;1-2H3. The molecular formula is C18H32N2O. The summed E-state index contributed by atoms with van der Waals surface area (Å²) in [6, 6.07) is 4.45. The Morgan fingerprint density at radius 2 is 1.76 bits per heavy atom. The van der Waals surface area contributed by atoms with Crippen LogP contribution in [0.25, 0.3) is 0 Å². The minimum atomic E-state index is 0.489. The van der Waals surface area contributed by atoms with Crippen molar-refractivity contribution in [2.75, 3.05) is 7.05 Å². The van der Waals surface area contributed by atoms with Crippen LogP contribution >= 0.6 is 0 Å². The van der Waals surface area contributed by atoms with Gasteiger partial charge in [-0.3, -0.25) is 4.98 Å². The van der Waals surface area contributed by atoms with E-state index in [0.29, 0.717) is 11.8 Å². The fourth-order valence-corrected chi connectivity index (χ4v) is 2.30. The maximum absolute atomic E-state index is 9.95. The molecule has 0 saturated heterocycles. The Labute approximate surface area is 130 Å². The zero-order valence-electron chi connectivity index (χ0n) is 14.4. The van der Waals surface area contributed by atoms with Gasteiger partial charge in [0.25, 0.3) is 0 Å². The Balaban J connectivity index is 0.000000342. The second-order valence-electron chi connectivity index (χ2n) is 5.95. The third-order valence-corrected chi connectivity index (χ3v) is 3.82. The van der Waals surface area contributed by atoms with Crippen LogP contribution in [0.3, 0.4) is 0 Å². The predicted octanol–water partition coefficient (Wildman–Crippen LogP) is 4.02. The van der Waals surface area contributed by atoms with Gasteiger partial charge in [0.15, 0.2) is 0 Å². The SMILES string of the molecule is CC.CNC1CCC(C)(C)CC1.O=CCc1ccncc1. The number of hydrogen-bond acceptors (Lipinski definition) is 3. The highest BCUT2D eigenvalue weighted by atomic mass is 16.1. The lowest BCUT2D eigenvalue weighted by Crippen LogP contribution is -2.33. The third-order valence-electron chi connectivity index (χ3n) is 3.82. The second-order valence-corrected chi connectivity index (χ2v) is 5.95. The Morgan fingerprint density at radius 3 is 2.19 bits per heavy atom. The lowest BCUT2D eigenvalue weighted by molar-refractivity contribution is -0.107. The molecule has 3 nitrogen and oxygen atoms in total. The van der Waals surface area contributed by atoms with Gasteiger partial charge in [-0.1, -0.05) is 27.7 Å². The van der Waals surface area contributed by atoms with Crippen molar-refractivity contribution in [2.45, 2.75) is 65.8 Å². The van der Waals surface area contributed by atoms with Crippen molar-refractivity contribution in [1.29, 1.82) is 0 Å². The van der Waals surface area contributed by atoms with Crippen molar-refractivity contribution in [2.24, 2.45) is 5.41 Å². The molecule has 0 bridgehead atoms. The molecule has 21 heavy (non-hydrogen) atoms. The van der Waals surface area contributed by atoms with E-state index in [2.05, 4.69) is 31.2 Å². The van der Waals surface area contributed by atoms with E-state index in [1.807, 2.05) is 26.0 Å². The van der Waals surface area contributed by atoms with Gasteiger partial charge in [-0.25, -0.2) is 0 Å². The highest BCUT2D eigenvalue weighted by Crippen LogP contribution is 2.34. The van der Waals surface area contributed by atoms with Crippen LogP contribution in [0.2, 0.25) is 0 Å². The number of carbonyl (C=O) groups excluding carboxylic acids is 1. The molecule has 0 amide bonds. The van der Waals surface area contributed by atoms with Gasteiger partial charge in [0.05, 0.1) is 0 Å². The molecule has 1 aliphatic carbocycles.